The lowest BCUT2D eigenvalue weighted by Crippen LogP contribution is -2.46. The molecular formula is C27H31N3O6. The number of hydrazine groups is 1. The van der Waals surface area contributed by atoms with Gasteiger partial charge in [0, 0.05) is 5.56 Å². The van der Waals surface area contributed by atoms with Crippen LogP contribution in [0.4, 0.5) is 0 Å². The molecule has 0 aliphatic rings. The Bertz CT molecular complexity index is 1190. The molecule has 0 spiro atoms. The molecule has 0 aliphatic carbocycles. The Kier molecular flexibility index (Phi) is 9.50. The predicted molar refractivity (Wildman–Crippen MR) is 136 cm³/mol. The van der Waals surface area contributed by atoms with E-state index < -0.39 is 11.8 Å². The number of hydrogen-bond acceptors (Lipinski definition) is 6. The third kappa shape index (κ3) is 6.88. The fourth-order valence-corrected chi connectivity index (χ4v) is 3.62. The standard InChI is InChI=1S/C27H31N3O6/c1-4-34-22-14-20(15-23(35-5-2)26(22)36-6-3)27(33)30-29-25(32)17-28-24(31)16-19-12-9-11-18-10-7-8-13-21(18)19/h7-15H,4-6,16-17H2,1-3H3,(H,28,31)(H,29,32)(H,30,33). The quantitative estimate of drug-likeness (QED) is 0.354. The summed E-state index contributed by atoms with van der Waals surface area (Å²) in [6.45, 7) is 6.31. The number of carbonyl (C=O) groups excluding carboxylic acids is 3. The second kappa shape index (κ2) is 13.0. The van der Waals surface area contributed by atoms with Crippen molar-refractivity contribution in [3.05, 3.63) is 65.7 Å². The van der Waals surface area contributed by atoms with E-state index in [0.29, 0.717) is 37.1 Å². The van der Waals surface area contributed by atoms with E-state index in [2.05, 4.69) is 16.2 Å². The molecule has 3 N–H and O–H groups in total. The Labute approximate surface area is 210 Å². The highest BCUT2D eigenvalue weighted by atomic mass is 16.5. The van der Waals surface area contributed by atoms with Crippen LogP contribution in [0.25, 0.3) is 10.8 Å². The van der Waals surface area contributed by atoms with Gasteiger partial charge in [-0.1, -0.05) is 42.5 Å². The van der Waals surface area contributed by atoms with Crippen LogP contribution in [0, 0.1) is 0 Å². The summed E-state index contributed by atoms with van der Waals surface area (Å²) in [5.74, 6) is -0.311. The van der Waals surface area contributed by atoms with Crippen molar-refractivity contribution in [3.63, 3.8) is 0 Å². The van der Waals surface area contributed by atoms with Gasteiger partial charge in [-0.25, -0.2) is 0 Å². The van der Waals surface area contributed by atoms with Crippen molar-refractivity contribution in [2.24, 2.45) is 0 Å². The van der Waals surface area contributed by atoms with Gasteiger partial charge in [-0.2, -0.15) is 0 Å². The van der Waals surface area contributed by atoms with E-state index in [9.17, 15) is 14.4 Å². The van der Waals surface area contributed by atoms with Crippen molar-refractivity contribution in [3.8, 4) is 17.2 Å². The lowest BCUT2D eigenvalue weighted by molar-refractivity contribution is -0.126. The van der Waals surface area contributed by atoms with E-state index in [4.69, 9.17) is 14.2 Å². The number of nitrogens with one attached hydrogen (secondary N) is 3. The summed E-state index contributed by atoms with van der Waals surface area (Å²) in [5.41, 5.74) is 5.73. The minimum atomic E-state index is -0.574. The molecule has 0 heterocycles. The van der Waals surface area contributed by atoms with Crippen molar-refractivity contribution in [2.75, 3.05) is 26.4 Å². The normalized spacial score (nSPS) is 10.4. The van der Waals surface area contributed by atoms with Crippen LogP contribution in [0.2, 0.25) is 0 Å². The van der Waals surface area contributed by atoms with Crippen LogP contribution >= 0.6 is 0 Å². The summed E-state index contributed by atoms with van der Waals surface area (Å²) >= 11 is 0. The zero-order valence-corrected chi connectivity index (χ0v) is 20.7. The Morgan fingerprint density at radius 3 is 2.06 bits per heavy atom. The van der Waals surface area contributed by atoms with E-state index >= 15 is 0 Å². The van der Waals surface area contributed by atoms with E-state index in [0.717, 1.165) is 16.3 Å². The first-order valence-corrected chi connectivity index (χ1v) is 11.9. The zero-order chi connectivity index (χ0) is 25.9. The maximum atomic E-state index is 12.7. The highest BCUT2D eigenvalue weighted by Gasteiger charge is 2.19. The largest absolute Gasteiger partial charge is 0.490 e. The highest BCUT2D eigenvalue weighted by Crippen LogP contribution is 2.39. The molecule has 190 valence electrons. The van der Waals surface area contributed by atoms with E-state index in [1.165, 1.54) is 12.1 Å². The molecule has 0 aliphatic heterocycles. The van der Waals surface area contributed by atoms with Gasteiger partial charge in [0.2, 0.25) is 11.7 Å². The highest BCUT2D eigenvalue weighted by molar-refractivity contribution is 5.97. The number of amides is 3. The lowest BCUT2D eigenvalue weighted by Gasteiger charge is -2.17. The molecule has 0 unspecified atom stereocenters. The molecule has 36 heavy (non-hydrogen) atoms. The molecule has 0 radical (unpaired) electrons. The predicted octanol–water partition coefficient (Wildman–Crippen LogP) is 3.16. The molecule has 0 atom stereocenters. The number of hydrogen-bond donors (Lipinski definition) is 3. The molecule has 9 nitrogen and oxygen atoms in total. The van der Waals surface area contributed by atoms with Gasteiger partial charge >= 0.3 is 0 Å². The maximum Gasteiger partial charge on any atom is 0.269 e. The maximum absolute atomic E-state index is 12.7. The Morgan fingerprint density at radius 1 is 0.750 bits per heavy atom. The molecule has 0 saturated carbocycles. The topological polar surface area (TPSA) is 115 Å². The van der Waals surface area contributed by atoms with E-state index in [-0.39, 0.29) is 24.4 Å². The molecule has 0 saturated heterocycles. The molecule has 0 aromatic heterocycles. The third-order valence-corrected chi connectivity index (χ3v) is 5.16. The van der Waals surface area contributed by atoms with Gasteiger partial charge in [0.15, 0.2) is 11.5 Å². The van der Waals surface area contributed by atoms with Crippen LogP contribution in [0.15, 0.2) is 54.6 Å². The van der Waals surface area contributed by atoms with Gasteiger partial charge in [-0.3, -0.25) is 25.2 Å². The summed E-state index contributed by atoms with van der Waals surface area (Å²) < 4.78 is 16.9. The van der Waals surface area contributed by atoms with Crippen LogP contribution in [-0.4, -0.2) is 44.1 Å². The van der Waals surface area contributed by atoms with Gasteiger partial charge in [0.05, 0.1) is 32.8 Å². The van der Waals surface area contributed by atoms with Gasteiger partial charge in [-0.15, -0.1) is 0 Å². The average Bonchev–Trinajstić information content (AvgIpc) is 2.88. The summed E-state index contributed by atoms with van der Waals surface area (Å²) in [5, 5.41) is 4.60. The molecule has 3 rings (SSSR count). The SMILES string of the molecule is CCOc1cc(C(=O)NNC(=O)CNC(=O)Cc2cccc3ccccc23)cc(OCC)c1OCC. The minimum Gasteiger partial charge on any atom is -0.490 e. The summed E-state index contributed by atoms with van der Waals surface area (Å²) in [6, 6.07) is 16.6. The smallest absolute Gasteiger partial charge is 0.269 e. The van der Waals surface area contributed by atoms with Crippen LogP contribution in [0.1, 0.15) is 36.7 Å². The fraction of sp³-hybridized carbons (Fsp3) is 0.296. The van der Waals surface area contributed by atoms with Gasteiger partial charge in [-0.05, 0) is 49.2 Å². The number of carbonyl (C=O) groups is 3. The Morgan fingerprint density at radius 2 is 1.39 bits per heavy atom. The molecule has 3 amide bonds. The fourth-order valence-electron chi connectivity index (χ4n) is 3.62. The molecule has 9 heteroatoms. The average molecular weight is 494 g/mol. The van der Waals surface area contributed by atoms with Crippen molar-refractivity contribution in [1.29, 1.82) is 0 Å². The van der Waals surface area contributed by atoms with Crippen molar-refractivity contribution in [1.82, 2.24) is 16.2 Å². The molecular weight excluding hydrogens is 462 g/mol. The first kappa shape index (κ1) is 26.3. The second-order valence-corrected chi connectivity index (χ2v) is 7.69. The minimum absolute atomic E-state index is 0.133. The first-order valence-electron chi connectivity index (χ1n) is 11.9. The first-order chi connectivity index (χ1) is 17.5. The van der Waals surface area contributed by atoms with Crippen LogP contribution in [0.5, 0.6) is 17.2 Å². The summed E-state index contributed by atoms with van der Waals surface area (Å²) in [4.78, 5) is 37.3. The number of rotatable bonds is 11. The number of ether oxygens (including phenoxy) is 3. The van der Waals surface area contributed by atoms with E-state index in [1.54, 1.807) is 0 Å². The summed E-state index contributed by atoms with van der Waals surface area (Å²) in [7, 11) is 0. The molecule has 0 bridgehead atoms. The monoisotopic (exact) mass is 493 g/mol. The van der Waals surface area contributed by atoms with Gasteiger partial charge < -0.3 is 19.5 Å². The van der Waals surface area contributed by atoms with Crippen LogP contribution in [-0.2, 0) is 16.0 Å². The Balaban J connectivity index is 1.56. The van der Waals surface area contributed by atoms with Crippen molar-refractivity contribution < 1.29 is 28.6 Å². The number of benzene rings is 3. The number of fused-ring (bicyclic) bond motifs is 1. The molecule has 3 aromatic rings. The molecule has 3 aromatic carbocycles. The third-order valence-electron chi connectivity index (χ3n) is 5.16. The van der Waals surface area contributed by atoms with Crippen LogP contribution < -0.4 is 30.4 Å². The molecule has 0 fully saturated rings. The van der Waals surface area contributed by atoms with Crippen molar-refractivity contribution in [2.45, 2.75) is 27.2 Å². The zero-order valence-electron chi connectivity index (χ0n) is 20.7. The summed E-state index contributed by atoms with van der Waals surface area (Å²) in [6.07, 6.45) is 0.133. The Hall–Kier alpha value is -4.27. The lowest BCUT2D eigenvalue weighted by atomic mass is 10.0. The van der Waals surface area contributed by atoms with E-state index in [1.807, 2.05) is 63.2 Å². The van der Waals surface area contributed by atoms with Crippen molar-refractivity contribution >= 4 is 28.5 Å². The second-order valence-electron chi connectivity index (χ2n) is 7.69. The van der Waals surface area contributed by atoms with Gasteiger partial charge in [0.25, 0.3) is 11.8 Å². The van der Waals surface area contributed by atoms with Crippen LogP contribution in [0.3, 0.4) is 0 Å². The van der Waals surface area contributed by atoms with Gasteiger partial charge in [0.1, 0.15) is 0 Å².